The van der Waals surface area contributed by atoms with E-state index in [0.717, 1.165) is 29.1 Å². The van der Waals surface area contributed by atoms with Crippen LogP contribution in [0.1, 0.15) is 38.7 Å². The van der Waals surface area contributed by atoms with E-state index in [1.165, 1.54) is 11.8 Å². The standard InChI is InChI=1S/C21H25N5OS/c1-5-14(2)17-8-6-7-9-18(17)23-20(27)15(3)28-21-25-24-19(26(21)4)16-10-12-22-13-11-16/h6-15H,5H2,1-4H3,(H,23,27)/t14-,15-/m0/s1. The van der Waals surface area contributed by atoms with Crippen LogP contribution in [0, 0.1) is 0 Å². The average Bonchev–Trinajstić information content (AvgIpc) is 3.08. The zero-order valence-electron chi connectivity index (χ0n) is 16.6. The number of rotatable bonds is 7. The molecule has 0 unspecified atom stereocenters. The van der Waals surface area contributed by atoms with Crippen LogP contribution in [-0.4, -0.2) is 30.9 Å². The van der Waals surface area contributed by atoms with Gasteiger partial charge in [0.15, 0.2) is 11.0 Å². The normalized spacial score (nSPS) is 13.1. The Balaban J connectivity index is 1.72. The second kappa shape index (κ2) is 9.01. The number of pyridine rings is 1. The van der Waals surface area contributed by atoms with Crippen LogP contribution in [0.4, 0.5) is 5.69 Å². The molecule has 0 radical (unpaired) electrons. The van der Waals surface area contributed by atoms with E-state index in [9.17, 15) is 4.79 Å². The highest BCUT2D eigenvalue weighted by Crippen LogP contribution is 2.29. The van der Waals surface area contributed by atoms with Crippen LogP contribution in [0.3, 0.4) is 0 Å². The van der Waals surface area contributed by atoms with Crippen molar-refractivity contribution in [2.24, 2.45) is 7.05 Å². The summed E-state index contributed by atoms with van der Waals surface area (Å²) in [5, 5.41) is 12.0. The average molecular weight is 396 g/mol. The molecule has 2 heterocycles. The lowest BCUT2D eigenvalue weighted by atomic mass is 9.97. The summed E-state index contributed by atoms with van der Waals surface area (Å²) in [6.45, 7) is 6.20. The number of aromatic nitrogens is 4. The molecule has 7 heteroatoms. The van der Waals surface area contributed by atoms with Crippen molar-refractivity contribution < 1.29 is 4.79 Å². The third-order valence-electron chi connectivity index (χ3n) is 4.79. The van der Waals surface area contributed by atoms with Gasteiger partial charge in [0.2, 0.25) is 5.91 Å². The van der Waals surface area contributed by atoms with Crippen LogP contribution >= 0.6 is 11.8 Å². The maximum Gasteiger partial charge on any atom is 0.237 e. The maximum absolute atomic E-state index is 12.8. The minimum absolute atomic E-state index is 0.0470. The largest absolute Gasteiger partial charge is 0.325 e. The van der Waals surface area contributed by atoms with Gasteiger partial charge in [0.1, 0.15) is 0 Å². The van der Waals surface area contributed by atoms with Gasteiger partial charge in [0.05, 0.1) is 5.25 Å². The van der Waals surface area contributed by atoms with Crippen molar-refractivity contribution in [3.8, 4) is 11.4 Å². The molecule has 0 aliphatic carbocycles. The van der Waals surface area contributed by atoms with E-state index in [1.54, 1.807) is 12.4 Å². The van der Waals surface area contributed by atoms with E-state index in [0.29, 0.717) is 11.1 Å². The Labute approximate surface area is 169 Å². The summed E-state index contributed by atoms with van der Waals surface area (Å²) in [5.74, 6) is 1.09. The van der Waals surface area contributed by atoms with Crippen LogP contribution in [0.15, 0.2) is 53.9 Å². The fourth-order valence-corrected chi connectivity index (χ4v) is 3.69. The highest BCUT2D eigenvalue weighted by molar-refractivity contribution is 8.00. The molecule has 0 aliphatic rings. The Bertz CT molecular complexity index is 941. The topological polar surface area (TPSA) is 72.7 Å². The first-order valence-electron chi connectivity index (χ1n) is 9.37. The van der Waals surface area contributed by atoms with E-state index in [-0.39, 0.29) is 11.2 Å². The molecule has 0 bridgehead atoms. The molecule has 3 aromatic rings. The van der Waals surface area contributed by atoms with E-state index in [2.05, 4.69) is 40.4 Å². The van der Waals surface area contributed by atoms with Gasteiger partial charge < -0.3 is 9.88 Å². The Kier molecular flexibility index (Phi) is 6.46. The van der Waals surface area contributed by atoms with Crippen molar-refractivity contribution in [2.45, 2.75) is 43.5 Å². The number of nitrogens with zero attached hydrogens (tertiary/aromatic N) is 4. The smallest absolute Gasteiger partial charge is 0.237 e. The molecule has 146 valence electrons. The molecule has 0 spiro atoms. The number of hydrogen-bond acceptors (Lipinski definition) is 5. The fraction of sp³-hybridized carbons (Fsp3) is 0.333. The molecule has 28 heavy (non-hydrogen) atoms. The van der Waals surface area contributed by atoms with Gasteiger partial charge >= 0.3 is 0 Å². The molecule has 3 rings (SSSR count). The van der Waals surface area contributed by atoms with Gasteiger partial charge in [-0.15, -0.1) is 10.2 Å². The quantitative estimate of drug-likeness (QED) is 0.596. The van der Waals surface area contributed by atoms with Crippen molar-refractivity contribution in [2.75, 3.05) is 5.32 Å². The lowest BCUT2D eigenvalue weighted by molar-refractivity contribution is -0.115. The number of benzene rings is 1. The van der Waals surface area contributed by atoms with E-state index in [4.69, 9.17) is 0 Å². The van der Waals surface area contributed by atoms with Crippen molar-refractivity contribution in [1.29, 1.82) is 0 Å². The lowest BCUT2D eigenvalue weighted by Gasteiger charge is -2.17. The third kappa shape index (κ3) is 4.42. The van der Waals surface area contributed by atoms with Crippen molar-refractivity contribution in [3.05, 3.63) is 54.4 Å². The number of hydrogen-bond donors (Lipinski definition) is 1. The van der Waals surface area contributed by atoms with Gasteiger partial charge in [-0.2, -0.15) is 0 Å². The fourth-order valence-electron chi connectivity index (χ4n) is 2.88. The number of thioether (sulfide) groups is 1. The number of nitrogens with one attached hydrogen (secondary N) is 1. The van der Waals surface area contributed by atoms with Gasteiger partial charge in [-0.3, -0.25) is 9.78 Å². The molecule has 0 fully saturated rings. The van der Waals surface area contributed by atoms with Crippen LogP contribution < -0.4 is 5.32 Å². The second-order valence-corrected chi connectivity index (χ2v) is 8.05. The zero-order chi connectivity index (χ0) is 20.1. The highest BCUT2D eigenvalue weighted by Gasteiger charge is 2.20. The van der Waals surface area contributed by atoms with E-state index in [1.807, 2.05) is 48.9 Å². The first-order valence-corrected chi connectivity index (χ1v) is 10.3. The summed E-state index contributed by atoms with van der Waals surface area (Å²) in [4.78, 5) is 16.8. The Hall–Kier alpha value is -2.67. The molecule has 2 aromatic heterocycles. The molecular formula is C21H25N5OS. The van der Waals surface area contributed by atoms with Gasteiger partial charge in [0, 0.05) is 30.7 Å². The molecule has 1 amide bonds. The number of carbonyl (C=O) groups is 1. The van der Waals surface area contributed by atoms with Gasteiger partial charge in [-0.05, 0) is 43.0 Å². The Morgan fingerprint density at radius 1 is 1.14 bits per heavy atom. The van der Waals surface area contributed by atoms with Crippen LogP contribution in [0.5, 0.6) is 0 Å². The Morgan fingerprint density at radius 3 is 2.57 bits per heavy atom. The Morgan fingerprint density at radius 2 is 1.86 bits per heavy atom. The predicted molar refractivity (Wildman–Crippen MR) is 113 cm³/mol. The molecule has 2 atom stereocenters. The van der Waals surface area contributed by atoms with Crippen molar-refractivity contribution in [1.82, 2.24) is 19.7 Å². The van der Waals surface area contributed by atoms with Gasteiger partial charge in [-0.25, -0.2) is 0 Å². The van der Waals surface area contributed by atoms with Crippen LogP contribution in [0.25, 0.3) is 11.4 Å². The SMILES string of the molecule is CC[C@H](C)c1ccccc1NC(=O)[C@H](C)Sc1nnc(-c2ccncc2)n1C. The van der Waals surface area contributed by atoms with Gasteiger partial charge in [-0.1, -0.05) is 43.8 Å². The summed E-state index contributed by atoms with van der Waals surface area (Å²) in [6.07, 6.45) is 4.47. The molecule has 0 aliphatic heterocycles. The maximum atomic E-state index is 12.8. The van der Waals surface area contributed by atoms with Crippen LogP contribution in [0.2, 0.25) is 0 Å². The first kappa shape index (κ1) is 20.1. The first-order chi connectivity index (χ1) is 13.5. The number of amides is 1. The minimum Gasteiger partial charge on any atom is -0.325 e. The summed E-state index contributed by atoms with van der Waals surface area (Å²) in [6, 6.07) is 11.8. The minimum atomic E-state index is -0.307. The monoisotopic (exact) mass is 395 g/mol. The van der Waals surface area contributed by atoms with Crippen LogP contribution in [-0.2, 0) is 11.8 Å². The number of para-hydroxylation sites is 1. The summed E-state index contributed by atoms with van der Waals surface area (Å²) >= 11 is 1.39. The van der Waals surface area contributed by atoms with Crippen molar-refractivity contribution in [3.63, 3.8) is 0 Å². The zero-order valence-corrected chi connectivity index (χ0v) is 17.4. The lowest BCUT2D eigenvalue weighted by Crippen LogP contribution is -2.23. The molecule has 1 aromatic carbocycles. The molecule has 0 saturated heterocycles. The second-order valence-electron chi connectivity index (χ2n) is 6.75. The summed E-state index contributed by atoms with van der Waals surface area (Å²) < 4.78 is 1.90. The third-order valence-corrected chi connectivity index (χ3v) is 5.92. The molecule has 0 saturated carbocycles. The molecule has 1 N–H and O–H groups in total. The molecular weight excluding hydrogens is 370 g/mol. The number of carbonyl (C=O) groups excluding carboxylic acids is 1. The summed E-state index contributed by atoms with van der Waals surface area (Å²) in [7, 11) is 1.90. The van der Waals surface area contributed by atoms with Gasteiger partial charge in [0.25, 0.3) is 0 Å². The number of anilines is 1. The van der Waals surface area contributed by atoms with Crippen molar-refractivity contribution >= 4 is 23.4 Å². The van der Waals surface area contributed by atoms with E-state index >= 15 is 0 Å². The summed E-state index contributed by atoms with van der Waals surface area (Å²) in [5.41, 5.74) is 2.98. The molecule has 6 nitrogen and oxygen atoms in total. The highest BCUT2D eigenvalue weighted by atomic mass is 32.2. The predicted octanol–water partition coefficient (Wildman–Crippen LogP) is 4.51. The van der Waals surface area contributed by atoms with E-state index < -0.39 is 0 Å².